The van der Waals surface area contributed by atoms with Gasteiger partial charge in [-0.3, -0.25) is 9.36 Å². The summed E-state index contributed by atoms with van der Waals surface area (Å²) in [6.45, 7) is 0. The van der Waals surface area contributed by atoms with Crippen LogP contribution in [-0.4, -0.2) is 17.6 Å². The largest absolute Gasteiger partial charge is 0.340 e. The van der Waals surface area contributed by atoms with Crippen molar-refractivity contribution < 1.29 is 4.79 Å². The predicted molar refractivity (Wildman–Crippen MR) is 58.1 cm³/mol. The molecule has 4 heteroatoms. The second kappa shape index (κ2) is 3.57. The minimum Gasteiger partial charge on any atom is -0.340 e. The Hall–Kier alpha value is -2.10. The molecule has 0 saturated heterocycles. The maximum atomic E-state index is 11.5. The zero-order valence-corrected chi connectivity index (χ0v) is 8.23. The van der Waals surface area contributed by atoms with E-state index in [0.717, 1.165) is 0 Å². The van der Waals surface area contributed by atoms with Gasteiger partial charge < -0.3 is 5.32 Å². The van der Waals surface area contributed by atoms with Crippen LogP contribution in [0.4, 0.5) is 4.79 Å². The summed E-state index contributed by atoms with van der Waals surface area (Å²) in [6, 6.07) is 8.14. The normalized spacial score (nSPS) is 10.2. The van der Waals surface area contributed by atoms with Crippen LogP contribution in [0.1, 0.15) is 0 Å². The summed E-state index contributed by atoms with van der Waals surface area (Å²) < 4.78 is 1.41. The molecule has 76 valence electrons. The average molecular weight is 202 g/mol. The van der Waals surface area contributed by atoms with Crippen molar-refractivity contribution in [3.05, 3.63) is 46.8 Å². The first-order valence-electron chi connectivity index (χ1n) is 4.56. The topological polar surface area (TPSA) is 51.1 Å². The zero-order chi connectivity index (χ0) is 10.8. The number of fused-ring (bicyclic) bond motifs is 1. The molecule has 0 atom stereocenters. The van der Waals surface area contributed by atoms with Crippen molar-refractivity contribution in [2.75, 3.05) is 7.05 Å². The second-order valence-corrected chi connectivity index (χ2v) is 3.12. The summed E-state index contributed by atoms with van der Waals surface area (Å²) >= 11 is 0. The molecule has 2 aromatic rings. The van der Waals surface area contributed by atoms with E-state index in [1.165, 1.54) is 16.8 Å². The Bertz CT molecular complexity index is 572. The molecule has 1 aromatic heterocycles. The van der Waals surface area contributed by atoms with E-state index in [1.54, 1.807) is 31.3 Å². The van der Waals surface area contributed by atoms with Crippen LogP contribution in [0.3, 0.4) is 0 Å². The van der Waals surface area contributed by atoms with Crippen molar-refractivity contribution in [1.29, 1.82) is 0 Å². The molecule has 2 rings (SSSR count). The van der Waals surface area contributed by atoms with Gasteiger partial charge in [0.15, 0.2) is 5.43 Å². The molecule has 0 aliphatic carbocycles. The van der Waals surface area contributed by atoms with E-state index in [-0.39, 0.29) is 11.5 Å². The SMILES string of the molecule is CNC(=O)n1ccc(=O)c2ccccc21. The number of benzene rings is 1. The lowest BCUT2D eigenvalue weighted by atomic mass is 10.2. The highest BCUT2D eigenvalue weighted by molar-refractivity contribution is 5.89. The van der Waals surface area contributed by atoms with Gasteiger partial charge in [-0.05, 0) is 12.1 Å². The van der Waals surface area contributed by atoms with Gasteiger partial charge in [0.2, 0.25) is 0 Å². The number of hydrogen-bond acceptors (Lipinski definition) is 2. The molecule has 1 aromatic carbocycles. The molecule has 1 heterocycles. The number of amides is 1. The Balaban J connectivity index is 2.83. The average Bonchev–Trinajstić information content (AvgIpc) is 2.29. The van der Waals surface area contributed by atoms with E-state index in [0.29, 0.717) is 10.9 Å². The van der Waals surface area contributed by atoms with Crippen LogP contribution in [0.2, 0.25) is 0 Å². The number of nitrogens with zero attached hydrogens (tertiary/aromatic N) is 1. The maximum Gasteiger partial charge on any atom is 0.325 e. The van der Waals surface area contributed by atoms with Crippen LogP contribution in [0.5, 0.6) is 0 Å². The van der Waals surface area contributed by atoms with E-state index in [1.807, 2.05) is 0 Å². The fourth-order valence-corrected chi connectivity index (χ4v) is 1.50. The molecule has 0 bridgehead atoms. The van der Waals surface area contributed by atoms with Crippen LogP contribution < -0.4 is 10.7 Å². The van der Waals surface area contributed by atoms with Crippen LogP contribution in [0.15, 0.2) is 41.3 Å². The van der Waals surface area contributed by atoms with Crippen LogP contribution in [0, 0.1) is 0 Å². The minimum absolute atomic E-state index is 0.0780. The molecular formula is C11H10N2O2. The molecular weight excluding hydrogens is 192 g/mol. The van der Waals surface area contributed by atoms with E-state index >= 15 is 0 Å². The number of para-hydroxylation sites is 1. The van der Waals surface area contributed by atoms with Gasteiger partial charge in [-0.15, -0.1) is 0 Å². The number of rotatable bonds is 0. The minimum atomic E-state index is -0.258. The van der Waals surface area contributed by atoms with Crippen molar-refractivity contribution in [2.45, 2.75) is 0 Å². The Morgan fingerprint density at radius 2 is 2.00 bits per heavy atom. The van der Waals surface area contributed by atoms with Crippen molar-refractivity contribution in [3.8, 4) is 0 Å². The van der Waals surface area contributed by atoms with Crippen molar-refractivity contribution >= 4 is 16.9 Å². The van der Waals surface area contributed by atoms with Gasteiger partial charge in [-0.2, -0.15) is 0 Å². The summed E-state index contributed by atoms with van der Waals surface area (Å²) in [5, 5.41) is 3.06. The van der Waals surface area contributed by atoms with Crippen LogP contribution >= 0.6 is 0 Å². The van der Waals surface area contributed by atoms with Gasteiger partial charge in [0.25, 0.3) is 0 Å². The summed E-state index contributed by atoms with van der Waals surface area (Å²) in [5.74, 6) is 0. The Morgan fingerprint density at radius 1 is 1.27 bits per heavy atom. The standard InChI is InChI=1S/C11H10N2O2/c1-12-11(15)13-7-6-10(14)8-4-2-3-5-9(8)13/h2-7H,1H3,(H,12,15). The first-order chi connectivity index (χ1) is 7.24. The van der Waals surface area contributed by atoms with E-state index in [9.17, 15) is 9.59 Å². The fourth-order valence-electron chi connectivity index (χ4n) is 1.50. The maximum absolute atomic E-state index is 11.5. The third-order valence-electron chi connectivity index (χ3n) is 2.24. The number of nitrogens with one attached hydrogen (secondary N) is 1. The summed E-state index contributed by atoms with van der Waals surface area (Å²) in [5.41, 5.74) is 0.537. The number of hydrogen-bond donors (Lipinski definition) is 1. The lowest BCUT2D eigenvalue weighted by molar-refractivity contribution is 0.245. The Kier molecular flexibility index (Phi) is 2.25. The molecule has 1 amide bonds. The Morgan fingerprint density at radius 3 is 2.73 bits per heavy atom. The summed E-state index contributed by atoms with van der Waals surface area (Å²) in [4.78, 5) is 23.0. The lowest BCUT2D eigenvalue weighted by Crippen LogP contribution is -2.25. The van der Waals surface area contributed by atoms with Crippen molar-refractivity contribution in [1.82, 2.24) is 9.88 Å². The van der Waals surface area contributed by atoms with Gasteiger partial charge in [0.05, 0.1) is 5.52 Å². The highest BCUT2D eigenvalue weighted by Gasteiger charge is 2.06. The van der Waals surface area contributed by atoms with E-state index in [4.69, 9.17) is 0 Å². The monoisotopic (exact) mass is 202 g/mol. The first kappa shape index (κ1) is 9.45. The molecule has 0 saturated carbocycles. The molecule has 0 unspecified atom stereocenters. The van der Waals surface area contributed by atoms with E-state index < -0.39 is 0 Å². The first-order valence-corrected chi connectivity index (χ1v) is 4.56. The predicted octanol–water partition coefficient (Wildman–Crippen LogP) is 1.19. The van der Waals surface area contributed by atoms with Crippen molar-refractivity contribution in [2.24, 2.45) is 0 Å². The molecule has 1 N–H and O–H groups in total. The molecule has 0 aliphatic heterocycles. The van der Waals surface area contributed by atoms with Crippen molar-refractivity contribution in [3.63, 3.8) is 0 Å². The number of carbonyl (C=O) groups excluding carboxylic acids is 1. The summed E-state index contributed by atoms with van der Waals surface area (Å²) in [7, 11) is 1.55. The number of pyridine rings is 1. The van der Waals surface area contributed by atoms with Gasteiger partial charge in [0.1, 0.15) is 0 Å². The van der Waals surface area contributed by atoms with Gasteiger partial charge in [-0.1, -0.05) is 12.1 Å². The molecule has 0 fully saturated rings. The second-order valence-electron chi connectivity index (χ2n) is 3.12. The zero-order valence-electron chi connectivity index (χ0n) is 8.23. The molecule has 0 aliphatic rings. The van der Waals surface area contributed by atoms with Gasteiger partial charge in [0, 0.05) is 24.7 Å². The third-order valence-corrected chi connectivity index (χ3v) is 2.24. The van der Waals surface area contributed by atoms with E-state index in [2.05, 4.69) is 5.32 Å². The quantitative estimate of drug-likeness (QED) is 0.697. The third kappa shape index (κ3) is 1.50. The highest BCUT2D eigenvalue weighted by atomic mass is 16.2. The van der Waals surface area contributed by atoms with Crippen LogP contribution in [0.25, 0.3) is 10.9 Å². The van der Waals surface area contributed by atoms with Crippen LogP contribution in [-0.2, 0) is 0 Å². The Labute approximate surface area is 86.1 Å². The molecule has 0 radical (unpaired) electrons. The number of aromatic nitrogens is 1. The smallest absolute Gasteiger partial charge is 0.325 e. The van der Waals surface area contributed by atoms with Gasteiger partial charge >= 0.3 is 6.03 Å². The molecule has 4 nitrogen and oxygen atoms in total. The number of carbonyl (C=O) groups is 1. The molecule has 15 heavy (non-hydrogen) atoms. The van der Waals surface area contributed by atoms with Gasteiger partial charge in [-0.25, -0.2) is 4.79 Å². The molecule has 0 spiro atoms. The fraction of sp³-hybridized carbons (Fsp3) is 0.0909. The lowest BCUT2D eigenvalue weighted by Gasteiger charge is -2.07. The summed E-state index contributed by atoms with van der Waals surface area (Å²) in [6.07, 6.45) is 1.48. The highest BCUT2D eigenvalue weighted by Crippen LogP contribution is 2.08.